The Bertz CT molecular complexity index is 1070. The molecule has 0 saturated carbocycles. The molecule has 1 fully saturated rings. The maximum absolute atomic E-state index is 12.3. The minimum absolute atomic E-state index is 0.188. The molecule has 1 aliphatic rings. The number of aliphatic carboxylic acids is 1. The molecule has 0 unspecified atom stereocenters. The van der Waals surface area contributed by atoms with Gasteiger partial charge in [0.2, 0.25) is 0 Å². The molecular formula is C23H25N3O4. The van der Waals surface area contributed by atoms with Crippen LogP contribution in [0.25, 0.3) is 10.9 Å². The summed E-state index contributed by atoms with van der Waals surface area (Å²) >= 11 is 0. The molecule has 30 heavy (non-hydrogen) atoms. The minimum atomic E-state index is -1.00. The maximum Gasteiger partial charge on any atom is 0.335 e. The SMILES string of the molecule is CN1CCN([C@@H](C(=O)O)c2cn(Cc3ccccc3)c3cc(C(=O)O)ccc23)CC1. The number of nitrogens with zero attached hydrogens (tertiary/aromatic N) is 3. The summed E-state index contributed by atoms with van der Waals surface area (Å²) in [7, 11) is 2.03. The predicted octanol–water partition coefficient (Wildman–Crippen LogP) is 2.76. The average Bonchev–Trinajstić information content (AvgIpc) is 3.07. The van der Waals surface area contributed by atoms with Crippen molar-refractivity contribution in [2.24, 2.45) is 0 Å². The van der Waals surface area contributed by atoms with E-state index >= 15 is 0 Å². The van der Waals surface area contributed by atoms with Crippen LogP contribution in [-0.4, -0.2) is 69.7 Å². The Labute approximate surface area is 174 Å². The lowest BCUT2D eigenvalue weighted by Crippen LogP contribution is -2.47. The summed E-state index contributed by atoms with van der Waals surface area (Å²) in [6, 6.07) is 14.0. The van der Waals surface area contributed by atoms with Crippen molar-refractivity contribution in [1.29, 1.82) is 0 Å². The molecule has 0 aliphatic carbocycles. The van der Waals surface area contributed by atoms with Crippen molar-refractivity contribution in [3.05, 3.63) is 71.4 Å². The molecule has 1 aliphatic heterocycles. The van der Waals surface area contributed by atoms with Crippen LogP contribution < -0.4 is 0 Å². The van der Waals surface area contributed by atoms with Crippen LogP contribution in [0.1, 0.15) is 27.5 Å². The summed E-state index contributed by atoms with van der Waals surface area (Å²) in [6.07, 6.45) is 1.88. The Hall–Kier alpha value is -3.16. The molecule has 0 spiro atoms. The predicted molar refractivity (Wildman–Crippen MR) is 114 cm³/mol. The van der Waals surface area contributed by atoms with Crippen LogP contribution >= 0.6 is 0 Å². The Morgan fingerprint density at radius 1 is 1.00 bits per heavy atom. The van der Waals surface area contributed by atoms with Gasteiger partial charge in [0, 0.05) is 55.4 Å². The van der Waals surface area contributed by atoms with E-state index in [-0.39, 0.29) is 5.56 Å². The number of fused-ring (bicyclic) bond motifs is 1. The zero-order valence-corrected chi connectivity index (χ0v) is 16.9. The van der Waals surface area contributed by atoms with Crippen LogP contribution in [0, 0.1) is 0 Å². The number of aromatic carboxylic acids is 1. The fraction of sp³-hybridized carbons (Fsp3) is 0.304. The van der Waals surface area contributed by atoms with E-state index in [0.29, 0.717) is 25.2 Å². The molecule has 4 rings (SSSR count). The summed E-state index contributed by atoms with van der Waals surface area (Å²) in [6.45, 7) is 3.51. The van der Waals surface area contributed by atoms with Gasteiger partial charge in [0.05, 0.1) is 5.56 Å². The van der Waals surface area contributed by atoms with Crippen molar-refractivity contribution < 1.29 is 19.8 Å². The monoisotopic (exact) mass is 407 g/mol. The normalized spacial score (nSPS) is 16.6. The fourth-order valence-corrected chi connectivity index (χ4v) is 4.15. The molecule has 2 N–H and O–H groups in total. The topological polar surface area (TPSA) is 86.0 Å². The van der Waals surface area contributed by atoms with Crippen LogP contribution in [-0.2, 0) is 11.3 Å². The average molecular weight is 407 g/mol. The number of piperazine rings is 1. The number of hydrogen-bond acceptors (Lipinski definition) is 4. The largest absolute Gasteiger partial charge is 0.480 e. The van der Waals surface area contributed by atoms with E-state index in [1.54, 1.807) is 18.2 Å². The molecular weight excluding hydrogens is 382 g/mol. The van der Waals surface area contributed by atoms with Crippen LogP contribution in [0.15, 0.2) is 54.7 Å². The number of benzene rings is 2. The second kappa shape index (κ2) is 8.30. The number of rotatable bonds is 6. The van der Waals surface area contributed by atoms with E-state index in [9.17, 15) is 19.8 Å². The molecule has 1 aromatic heterocycles. The van der Waals surface area contributed by atoms with Crippen LogP contribution in [0.2, 0.25) is 0 Å². The lowest BCUT2D eigenvalue weighted by atomic mass is 10.0. The van der Waals surface area contributed by atoms with E-state index in [1.807, 2.05) is 53.0 Å². The first-order valence-corrected chi connectivity index (χ1v) is 9.99. The fourth-order valence-electron chi connectivity index (χ4n) is 4.15. The Balaban J connectivity index is 1.82. The van der Waals surface area contributed by atoms with Crippen molar-refractivity contribution in [2.45, 2.75) is 12.6 Å². The lowest BCUT2D eigenvalue weighted by Gasteiger charge is -2.36. The van der Waals surface area contributed by atoms with Gasteiger partial charge in [-0.05, 0) is 24.7 Å². The summed E-state index contributed by atoms with van der Waals surface area (Å²) in [5.74, 6) is -1.89. The summed E-state index contributed by atoms with van der Waals surface area (Å²) in [5, 5.41) is 20.3. The van der Waals surface area contributed by atoms with Gasteiger partial charge in [-0.3, -0.25) is 9.69 Å². The molecule has 1 saturated heterocycles. The van der Waals surface area contributed by atoms with Gasteiger partial charge >= 0.3 is 11.9 Å². The maximum atomic E-state index is 12.3. The molecule has 7 heteroatoms. The quantitative estimate of drug-likeness (QED) is 0.654. The number of carboxylic acids is 2. The second-order valence-corrected chi connectivity index (χ2v) is 7.82. The first kappa shape index (κ1) is 20.1. The molecule has 0 radical (unpaired) electrons. The van der Waals surface area contributed by atoms with Crippen LogP contribution in [0.3, 0.4) is 0 Å². The molecule has 156 valence electrons. The van der Waals surface area contributed by atoms with Gasteiger partial charge in [0.1, 0.15) is 6.04 Å². The number of carboxylic acid groups (broad SMARTS) is 2. The molecule has 7 nitrogen and oxygen atoms in total. The first-order chi connectivity index (χ1) is 14.4. The summed E-state index contributed by atoms with van der Waals surface area (Å²) < 4.78 is 1.96. The Kier molecular flexibility index (Phi) is 5.57. The second-order valence-electron chi connectivity index (χ2n) is 7.82. The van der Waals surface area contributed by atoms with Gasteiger partial charge in [-0.2, -0.15) is 0 Å². The van der Waals surface area contributed by atoms with Gasteiger partial charge in [0.25, 0.3) is 0 Å². The third-order valence-electron chi connectivity index (χ3n) is 5.79. The standard InChI is InChI=1S/C23H25N3O4/c1-24-9-11-25(12-10-24)21(23(29)30)19-15-26(14-16-5-3-2-4-6-16)20-13-17(22(27)28)7-8-18(19)20/h2-8,13,15,21H,9-12,14H2,1H3,(H,27,28)(H,29,30)/t21-/m1/s1. The number of aromatic nitrogens is 1. The number of likely N-dealkylation sites (N-methyl/N-ethyl adjacent to an activating group) is 1. The van der Waals surface area contributed by atoms with Gasteiger partial charge in [0.15, 0.2) is 0 Å². The van der Waals surface area contributed by atoms with E-state index in [1.165, 1.54) is 0 Å². The van der Waals surface area contributed by atoms with Crippen molar-refractivity contribution in [2.75, 3.05) is 33.2 Å². The van der Waals surface area contributed by atoms with Crippen molar-refractivity contribution in [3.63, 3.8) is 0 Å². The third kappa shape index (κ3) is 3.94. The van der Waals surface area contributed by atoms with Crippen molar-refractivity contribution in [1.82, 2.24) is 14.4 Å². The van der Waals surface area contributed by atoms with Gasteiger partial charge in [-0.15, -0.1) is 0 Å². The van der Waals surface area contributed by atoms with E-state index in [2.05, 4.69) is 4.90 Å². The van der Waals surface area contributed by atoms with Gasteiger partial charge in [-0.25, -0.2) is 4.79 Å². The zero-order valence-electron chi connectivity index (χ0n) is 16.9. The highest BCUT2D eigenvalue weighted by Gasteiger charge is 2.32. The minimum Gasteiger partial charge on any atom is -0.480 e. The summed E-state index contributed by atoms with van der Waals surface area (Å²) in [5.41, 5.74) is 2.69. The Morgan fingerprint density at radius 3 is 2.33 bits per heavy atom. The molecule has 2 aromatic carbocycles. The van der Waals surface area contributed by atoms with E-state index < -0.39 is 18.0 Å². The third-order valence-corrected chi connectivity index (χ3v) is 5.79. The molecule has 0 bridgehead atoms. The van der Waals surface area contributed by atoms with E-state index in [0.717, 1.165) is 29.6 Å². The highest BCUT2D eigenvalue weighted by Crippen LogP contribution is 2.32. The molecule has 0 amide bonds. The molecule has 3 aromatic rings. The number of carbonyl (C=O) groups is 2. The lowest BCUT2D eigenvalue weighted by molar-refractivity contribution is -0.144. The first-order valence-electron chi connectivity index (χ1n) is 9.99. The van der Waals surface area contributed by atoms with E-state index in [4.69, 9.17) is 0 Å². The van der Waals surface area contributed by atoms with Crippen molar-refractivity contribution in [3.8, 4) is 0 Å². The zero-order chi connectivity index (χ0) is 21.3. The smallest absolute Gasteiger partial charge is 0.335 e. The van der Waals surface area contributed by atoms with Crippen LogP contribution in [0.4, 0.5) is 0 Å². The molecule has 1 atom stereocenters. The van der Waals surface area contributed by atoms with Crippen LogP contribution in [0.5, 0.6) is 0 Å². The highest BCUT2D eigenvalue weighted by molar-refractivity contribution is 5.96. The molecule has 2 heterocycles. The number of hydrogen-bond donors (Lipinski definition) is 2. The van der Waals surface area contributed by atoms with Gasteiger partial charge < -0.3 is 19.7 Å². The Morgan fingerprint density at radius 2 is 1.70 bits per heavy atom. The summed E-state index contributed by atoms with van der Waals surface area (Å²) in [4.78, 5) is 28.0. The van der Waals surface area contributed by atoms with Gasteiger partial charge in [-0.1, -0.05) is 36.4 Å². The highest BCUT2D eigenvalue weighted by atomic mass is 16.4. The van der Waals surface area contributed by atoms with Crippen molar-refractivity contribution >= 4 is 22.8 Å².